The molecule has 166 valence electrons. The summed E-state index contributed by atoms with van der Waals surface area (Å²) >= 11 is 0. The molecule has 8 heteroatoms. The summed E-state index contributed by atoms with van der Waals surface area (Å²) in [6.45, 7) is 2.38. The zero-order chi connectivity index (χ0) is 21.2. The number of hydrogen-bond donors (Lipinski definition) is 1. The van der Waals surface area contributed by atoms with Gasteiger partial charge in [-0.2, -0.15) is 13.2 Å². The number of nitrogens with one attached hydrogen (secondary N) is 1. The normalized spacial score (nSPS) is 28.7. The average Bonchev–Trinajstić information content (AvgIpc) is 3.12. The fraction of sp³-hybridized carbons (Fsp3) is 0.682. The summed E-state index contributed by atoms with van der Waals surface area (Å²) in [4.78, 5) is 14.7. The second-order valence-electron chi connectivity index (χ2n) is 8.79. The zero-order valence-corrected chi connectivity index (χ0v) is 17.0. The average molecular weight is 426 g/mol. The van der Waals surface area contributed by atoms with E-state index in [2.05, 4.69) is 10.2 Å². The van der Waals surface area contributed by atoms with Crippen LogP contribution in [-0.4, -0.2) is 54.9 Å². The minimum atomic E-state index is -4.35. The molecule has 2 saturated heterocycles. The van der Waals surface area contributed by atoms with E-state index in [-0.39, 0.29) is 11.9 Å². The van der Waals surface area contributed by atoms with Gasteiger partial charge in [0.2, 0.25) is 5.91 Å². The van der Waals surface area contributed by atoms with Crippen molar-refractivity contribution in [3.05, 3.63) is 35.4 Å². The lowest BCUT2D eigenvalue weighted by Gasteiger charge is -2.39. The zero-order valence-electron chi connectivity index (χ0n) is 17.0. The smallest absolute Gasteiger partial charge is 0.370 e. The molecule has 1 aromatic carbocycles. The first-order chi connectivity index (χ1) is 14.3. The Balaban J connectivity index is 1.34. The van der Waals surface area contributed by atoms with E-state index in [1.54, 1.807) is 6.07 Å². The van der Waals surface area contributed by atoms with E-state index < -0.39 is 23.4 Å². The fourth-order valence-corrected chi connectivity index (χ4v) is 4.79. The number of alkyl halides is 3. The summed E-state index contributed by atoms with van der Waals surface area (Å²) in [5.74, 6) is -0.0719. The van der Waals surface area contributed by atoms with Crippen LogP contribution < -0.4 is 5.32 Å². The van der Waals surface area contributed by atoms with Crippen LogP contribution in [0.2, 0.25) is 0 Å². The lowest BCUT2D eigenvalue weighted by molar-refractivity contribution is -0.137. The summed E-state index contributed by atoms with van der Waals surface area (Å²) < 4.78 is 50.8. The number of carbonyl (C=O) groups excluding carboxylic acids is 1. The molecular formula is C22H29F3N2O3. The van der Waals surface area contributed by atoms with Gasteiger partial charge in [0.1, 0.15) is 11.7 Å². The van der Waals surface area contributed by atoms with Crippen molar-refractivity contribution >= 4 is 5.91 Å². The van der Waals surface area contributed by atoms with E-state index in [4.69, 9.17) is 9.47 Å². The molecule has 3 aliphatic rings. The van der Waals surface area contributed by atoms with E-state index in [0.717, 1.165) is 31.7 Å². The molecule has 0 aromatic heterocycles. The van der Waals surface area contributed by atoms with Crippen LogP contribution in [0.1, 0.15) is 49.7 Å². The highest BCUT2D eigenvalue weighted by Gasteiger charge is 2.47. The number of benzene rings is 1. The Hall–Kier alpha value is -1.64. The van der Waals surface area contributed by atoms with Crippen LogP contribution in [0.5, 0.6) is 0 Å². The van der Waals surface area contributed by atoms with Crippen molar-refractivity contribution in [1.29, 1.82) is 0 Å². The van der Waals surface area contributed by atoms with E-state index in [1.165, 1.54) is 18.6 Å². The highest BCUT2D eigenvalue weighted by atomic mass is 19.4. The third kappa shape index (κ3) is 5.15. The van der Waals surface area contributed by atoms with Gasteiger partial charge in [0.05, 0.1) is 18.8 Å². The van der Waals surface area contributed by atoms with Gasteiger partial charge < -0.3 is 14.8 Å². The van der Waals surface area contributed by atoms with Crippen molar-refractivity contribution in [3.63, 3.8) is 0 Å². The first-order valence-corrected chi connectivity index (χ1v) is 10.8. The lowest BCUT2D eigenvalue weighted by Crippen LogP contribution is -2.52. The molecule has 4 rings (SSSR count). The van der Waals surface area contributed by atoms with Crippen molar-refractivity contribution in [1.82, 2.24) is 10.2 Å². The molecule has 1 spiro atoms. The van der Waals surface area contributed by atoms with Crippen LogP contribution in [0.15, 0.2) is 24.3 Å². The van der Waals surface area contributed by atoms with Crippen LogP contribution in [0, 0.1) is 0 Å². The molecule has 1 aromatic rings. The molecule has 2 heterocycles. The second kappa shape index (κ2) is 8.85. The van der Waals surface area contributed by atoms with Crippen molar-refractivity contribution in [2.45, 2.75) is 69.0 Å². The maximum Gasteiger partial charge on any atom is 0.416 e. The Morgan fingerprint density at radius 3 is 2.80 bits per heavy atom. The van der Waals surface area contributed by atoms with Crippen LogP contribution >= 0.6 is 0 Å². The van der Waals surface area contributed by atoms with Crippen molar-refractivity contribution < 1.29 is 27.4 Å². The monoisotopic (exact) mass is 426 g/mol. The van der Waals surface area contributed by atoms with Crippen LogP contribution in [-0.2, 0) is 27.0 Å². The minimum Gasteiger partial charge on any atom is -0.370 e. The van der Waals surface area contributed by atoms with Crippen molar-refractivity contribution in [2.75, 3.05) is 26.3 Å². The molecule has 1 amide bonds. The number of carbonyl (C=O) groups is 1. The van der Waals surface area contributed by atoms with E-state index >= 15 is 0 Å². The second-order valence-corrected chi connectivity index (χ2v) is 8.79. The highest BCUT2D eigenvalue weighted by Crippen LogP contribution is 2.33. The van der Waals surface area contributed by atoms with E-state index in [0.29, 0.717) is 44.8 Å². The minimum absolute atomic E-state index is 0.0719. The van der Waals surface area contributed by atoms with Gasteiger partial charge in [-0.3, -0.25) is 9.69 Å². The lowest BCUT2D eigenvalue weighted by atomic mass is 9.94. The van der Waals surface area contributed by atoms with Crippen LogP contribution in [0.25, 0.3) is 0 Å². The molecule has 0 radical (unpaired) electrons. The number of nitrogens with zero attached hydrogens (tertiary/aromatic N) is 1. The van der Waals surface area contributed by atoms with E-state index in [1.807, 2.05) is 0 Å². The van der Waals surface area contributed by atoms with E-state index in [9.17, 15) is 18.0 Å². The van der Waals surface area contributed by atoms with Gasteiger partial charge in [-0.1, -0.05) is 37.5 Å². The van der Waals surface area contributed by atoms with Gasteiger partial charge in [0, 0.05) is 32.1 Å². The predicted octanol–water partition coefficient (Wildman–Crippen LogP) is 3.51. The Bertz CT molecular complexity index is 751. The molecule has 2 aliphatic heterocycles. The van der Waals surface area contributed by atoms with Gasteiger partial charge in [-0.05, 0) is 24.5 Å². The summed E-state index contributed by atoms with van der Waals surface area (Å²) in [6, 6.07) is 5.68. The fourth-order valence-electron chi connectivity index (χ4n) is 4.79. The number of rotatable bonds is 4. The maximum absolute atomic E-state index is 13.0. The highest BCUT2D eigenvalue weighted by molar-refractivity contribution is 5.81. The summed E-state index contributed by atoms with van der Waals surface area (Å²) in [7, 11) is 0. The van der Waals surface area contributed by atoms with Gasteiger partial charge in [-0.15, -0.1) is 0 Å². The number of morpholine rings is 1. The third-order valence-electron chi connectivity index (χ3n) is 6.34. The quantitative estimate of drug-likeness (QED) is 0.801. The van der Waals surface area contributed by atoms with Crippen molar-refractivity contribution in [2.24, 2.45) is 0 Å². The molecule has 0 bridgehead atoms. The predicted molar refractivity (Wildman–Crippen MR) is 105 cm³/mol. The molecule has 2 unspecified atom stereocenters. The molecule has 5 nitrogen and oxygen atoms in total. The summed E-state index contributed by atoms with van der Waals surface area (Å²) in [6.07, 6.45) is 1.16. The van der Waals surface area contributed by atoms with Crippen molar-refractivity contribution in [3.8, 4) is 0 Å². The van der Waals surface area contributed by atoms with Gasteiger partial charge in [-0.25, -0.2) is 0 Å². The number of ether oxygens (including phenoxy) is 2. The van der Waals surface area contributed by atoms with Gasteiger partial charge in [0.25, 0.3) is 0 Å². The number of hydrogen-bond acceptors (Lipinski definition) is 4. The van der Waals surface area contributed by atoms with Gasteiger partial charge >= 0.3 is 6.18 Å². The number of amides is 1. The molecule has 1 aliphatic carbocycles. The Morgan fingerprint density at radius 1 is 1.23 bits per heavy atom. The standard InChI is InChI=1S/C22H29F3N2O3/c23-22(24,25)17-6-4-5-16(11-17)13-27-9-10-30-21(14-27)12-19(29-15-21)20(28)26-18-7-2-1-3-8-18/h4-6,11,18-19H,1-3,7-10,12-15H2,(H,26,28). The Morgan fingerprint density at radius 2 is 2.03 bits per heavy atom. The summed E-state index contributed by atoms with van der Waals surface area (Å²) in [5.41, 5.74) is -0.590. The first-order valence-electron chi connectivity index (χ1n) is 10.8. The third-order valence-corrected chi connectivity index (χ3v) is 6.34. The first kappa shape index (κ1) is 21.6. The Kier molecular flexibility index (Phi) is 6.36. The molecule has 1 N–H and O–H groups in total. The number of halogens is 3. The topological polar surface area (TPSA) is 50.8 Å². The van der Waals surface area contributed by atoms with Gasteiger partial charge in [0.15, 0.2) is 0 Å². The molecule has 2 atom stereocenters. The maximum atomic E-state index is 13.0. The summed E-state index contributed by atoms with van der Waals surface area (Å²) in [5, 5.41) is 3.11. The largest absolute Gasteiger partial charge is 0.416 e. The Labute approximate surface area is 174 Å². The SMILES string of the molecule is O=C(NC1CCCCC1)C1CC2(CO1)CN(Cc1cccc(C(F)(F)F)c1)CCO2. The molecule has 30 heavy (non-hydrogen) atoms. The molecule has 3 fully saturated rings. The molecule has 1 saturated carbocycles. The van der Waals surface area contributed by atoms with Crippen LogP contribution in [0.3, 0.4) is 0 Å². The van der Waals surface area contributed by atoms with Crippen LogP contribution in [0.4, 0.5) is 13.2 Å². The molecular weight excluding hydrogens is 397 g/mol.